The highest BCUT2D eigenvalue weighted by Crippen LogP contribution is 2.12. The lowest BCUT2D eigenvalue weighted by molar-refractivity contribution is 0.711. The first-order chi connectivity index (χ1) is 4.74. The summed E-state index contributed by atoms with van der Waals surface area (Å²) in [4.78, 5) is 0. The fraction of sp³-hybridized carbons (Fsp3) is 0.667. The maximum atomic E-state index is 3.97. The van der Waals surface area contributed by atoms with Gasteiger partial charge in [0.05, 0.1) is 5.69 Å². The minimum Gasteiger partial charge on any atom is -0.255 e. The van der Waals surface area contributed by atoms with E-state index in [0.717, 1.165) is 11.0 Å². The average Bonchev–Trinajstić information content (AvgIpc) is 2.34. The summed E-state index contributed by atoms with van der Waals surface area (Å²) in [5.74, 6) is 0.452. The maximum absolute atomic E-state index is 3.97. The second kappa shape index (κ2) is 3.14. The van der Waals surface area contributed by atoms with Crippen molar-refractivity contribution in [1.82, 2.24) is 15.0 Å². The van der Waals surface area contributed by atoms with Crippen LogP contribution in [0.1, 0.15) is 18.5 Å². The monoisotopic (exact) mass is 203 g/mol. The molecule has 0 aliphatic heterocycles. The quantitative estimate of drug-likeness (QED) is 0.680. The van der Waals surface area contributed by atoms with E-state index in [4.69, 9.17) is 0 Å². The Balaban J connectivity index is 2.74. The van der Waals surface area contributed by atoms with Gasteiger partial charge in [-0.15, -0.1) is 5.10 Å². The Hall–Kier alpha value is -0.380. The van der Waals surface area contributed by atoms with Crippen molar-refractivity contribution in [3.63, 3.8) is 0 Å². The van der Waals surface area contributed by atoms with Crippen molar-refractivity contribution in [3.05, 3.63) is 11.9 Å². The van der Waals surface area contributed by atoms with Crippen LogP contribution in [0.5, 0.6) is 0 Å². The molecule has 0 N–H and O–H groups in total. The molecule has 0 saturated heterocycles. The van der Waals surface area contributed by atoms with Gasteiger partial charge in [-0.05, 0) is 0 Å². The molecule has 1 unspecified atom stereocenters. The molecule has 0 aliphatic rings. The van der Waals surface area contributed by atoms with Gasteiger partial charge in [0.2, 0.25) is 0 Å². The average molecular weight is 204 g/mol. The molecule has 1 aromatic rings. The summed E-state index contributed by atoms with van der Waals surface area (Å²) in [6.07, 6.45) is 1.94. The Kier molecular flexibility index (Phi) is 2.43. The number of aromatic nitrogens is 3. The van der Waals surface area contributed by atoms with E-state index in [1.807, 2.05) is 13.2 Å². The van der Waals surface area contributed by atoms with Gasteiger partial charge in [0.1, 0.15) is 0 Å². The van der Waals surface area contributed by atoms with Crippen molar-refractivity contribution in [2.75, 3.05) is 5.33 Å². The molecule has 1 rings (SSSR count). The number of alkyl halides is 1. The van der Waals surface area contributed by atoms with E-state index in [9.17, 15) is 0 Å². The van der Waals surface area contributed by atoms with Crippen LogP contribution in [0.2, 0.25) is 0 Å². The highest BCUT2D eigenvalue weighted by atomic mass is 79.9. The van der Waals surface area contributed by atoms with Gasteiger partial charge in [0.15, 0.2) is 0 Å². The van der Waals surface area contributed by atoms with E-state index < -0.39 is 0 Å². The third-order valence-corrected chi connectivity index (χ3v) is 2.33. The molecular weight excluding hydrogens is 194 g/mol. The highest BCUT2D eigenvalue weighted by molar-refractivity contribution is 9.09. The summed E-state index contributed by atoms with van der Waals surface area (Å²) in [6.45, 7) is 2.11. The van der Waals surface area contributed by atoms with Crippen LogP contribution >= 0.6 is 15.9 Å². The summed E-state index contributed by atoms with van der Waals surface area (Å²) < 4.78 is 1.72. The maximum Gasteiger partial charge on any atom is 0.0863 e. The minimum atomic E-state index is 0.452. The van der Waals surface area contributed by atoms with Crippen LogP contribution in [-0.4, -0.2) is 20.3 Å². The van der Waals surface area contributed by atoms with E-state index in [0.29, 0.717) is 5.92 Å². The van der Waals surface area contributed by atoms with Crippen molar-refractivity contribution in [1.29, 1.82) is 0 Å². The van der Waals surface area contributed by atoms with E-state index in [1.165, 1.54) is 0 Å². The number of aryl methyl sites for hydroxylation is 1. The molecule has 0 spiro atoms. The zero-order valence-corrected chi connectivity index (χ0v) is 7.67. The lowest BCUT2D eigenvalue weighted by Gasteiger charge is -1.98. The largest absolute Gasteiger partial charge is 0.255 e. The van der Waals surface area contributed by atoms with Crippen LogP contribution in [-0.2, 0) is 7.05 Å². The Labute approximate surface area is 68.6 Å². The molecule has 0 radical (unpaired) electrons. The molecule has 0 aromatic carbocycles. The molecule has 0 amide bonds. The fourth-order valence-electron chi connectivity index (χ4n) is 0.670. The molecule has 0 fully saturated rings. The van der Waals surface area contributed by atoms with E-state index in [-0.39, 0.29) is 0 Å². The third-order valence-electron chi connectivity index (χ3n) is 1.36. The van der Waals surface area contributed by atoms with Gasteiger partial charge in [0, 0.05) is 24.5 Å². The van der Waals surface area contributed by atoms with Gasteiger partial charge >= 0.3 is 0 Å². The van der Waals surface area contributed by atoms with Crippen LogP contribution in [0.25, 0.3) is 0 Å². The molecule has 1 aromatic heterocycles. The second-order valence-electron chi connectivity index (χ2n) is 2.37. The van der Waals surface area contributed by atoms with Gasteiger partial charge in [-0.1, -0.05) is 28.1 Å². The lowest BCUT2D eigenvalue weighted by atomic mass is 10.2. The predicted octanol–water partition coefficient (Wildman–Crippen LogP) is 1.31. The van der Waals surface area contributed by atoms with Crippen LogP contribution in [0.4, 0.5) is 0 Å². The summed E-state index contributed by atoms with van der Waals surface area (Å²) >= 11 is 3.38. The number of nitrogens with zero attached hydrogens (tertiary/aromatic N) is 3. The standard InChI is InChI=1S/C6H10BrN3/c1-5(3-7)6-4-10(2)9-8-6/h4-5H,3H2,1-2H3. The Bertz CT molecular complexity index is 209. The molecule has 3 nitrogen and oxygen atoms in total. The van der Waals surface area contributed by atoms with Crippen molar-refractivity contribution in [3.8, 4) is 0 Å². The Morgan fingerprint density at radius 1 is 1.80 bits per heavy atom. The molecule has 0 aliphatic carbocycles. The van der Waals surface area contributed by atoms with E-state index >= 15 is 0 Å². The third kappa shape index (κ3) is 1.56. The van der Waals surface area contributed by atoms with E-state index in [1.54, 1.807) is 4.68 Å². The van der Waals surface area contributed by atoms with Gasteiger partial charge in [-0.3, -0.25) is 4.68 Å². The number of hydrogen-bond acceptors (Lipinski definition) is 2. The number of halogens is 1. The summed E-state index contributed by atoms with van der Waals surface area (Å²) in [6, 6.07) is 0. The molecule has 0 saturated carbocycles. The van der Waals surface area contributed by atoms with Crippen molar-refractivity contribution in [2.45, 2.75) is 12.8 Å². The van der Waals surface area contributed by atoms with E-state index in [2.05, 4.69) is 33.2 Å². The first-order valence-corrected chi connectivity index (χ1v) is 4.28. The molecule has 4 heteroatoms. The molecule has 1 atom stereocenters. The summed E-state index contributed by atoms with van der Waals surface area (Å²) in [5, 5.41) is 8.74. The minimum absolute atomic E-state index is 0.452. The topological polar surface area (TPSA) is 30.7 Å². The fourth-order valence-corrected chi connectivity index (χ4v) is 1.00. The highest BCUT2D eigenvalue weighted by Gasteiger charge is 2.06. The lowest BCUT2D eigenvalue weighted by Crippen LogP contribution is -1.93. The van der Waals surface area contributed by atoms with Gasteiger partial charge in [-0.2, -0.15) is 0 Å². The molecule has 0 bridgehead atoms. The summed E-state index contributed by atoms with van der Waals surface area (Å²) in [5.41, 5.74) is 1.04. The van der Waals surface area contributed by atoms with Gasteiger partial charge in [0.25, 0.3) is 0 Å². The van der Waals surface area contributed by atoms with Crippen LogP contribution in [0, 0.1) is 0 Å². The Morgan fingerprint density at radius 2 is 2.50 bits per heavy atom. The van der Waals surface area contributed by atoms with Crippen molar-refractivity contribution in [2.24, 2.45) is 7.05 Å². The van der Waals surface area contributed by atoms with Crippen LogP contribution in [0.15, 0.2) is 6.20 Å². The normalized spacial score (nSPS) is 13.5. The van der Waals surface area contributed by atoms with Crippen LogP contribution in [0.3, 0.4) is 0 Å². The van der Waals surface area contributed by atoms with Gasteiger partial charge in [-0.25, -0.2) is 0 Å². The first-order valence-electron chi connectivity index (χ1n) is 3.16. The molecular formula is C6H10BrN3. The Morgan fingerprint density at radius 3 is 2.90 bits per heavy atom. The molecule has 56 valence electrons. The van der Waals surface area contributed by atoms with Crippen molar-refractivity contribution < 1.29 is 0 Å². The zero-order chi connectivity index (χ0) is 7.56. The smallest absolute Gasteiger partial charge is 0.0863 e. The van der Waals surface area contributed by atoms with Crippen LogP contribution < -0.4 is 0 Å². The number of hydrogen-bond donors (Lipinski definition) is 0. The molecule has 10 heavy (non-hydrogen) atoms. The van der Waals surface area contributed by atoms with Crippen molar-refractivity contribution >= 4 is 15.9 Å². The predicted molar refractivity (Wildman–Crippen MR) is 43.2 cm³/mol. The zero-order valence-electron chi connectivity index (χ0n) is 6.08. The summed E-state index contributed by atoms with van der Waals surface area (Å²) in [7, 11) is 1.87. The second-order valence-corrected chi connectivity index (χ2v) is 3.02. The SMILES string of the molecule is CC(CBr)c1cn(C)nn1. The first kappa shape index (κ1) is 7.72. The molecule has 1 heterocycles. The number of rotatable bonds is 2. The van der Waals surface area contributed by atoms with Gasteiger partial charge < -0.3 is 0 Å².